The first-order valence-electron chi connectivity index (χ1n) is 7.25. The normalized spacial score (nSPS) is 15.8. The van der Waals surface area contributed by atoms with Gasteiger partial charge in [-0.15, -0.1) is 0 Å². The number of phenolic OH excluding ortho intramolecular Hbond substituents is 1. The molecule has 0 unspecified atom stereocenters. The molecule has 4 N–H and O–H groups in total. The second kappa shape index (κ2) is 7.31. The van der Waals surface area contributed by atoms with Gasteiger partial charge in [0.25, 0.3) is 5.91 Å². The summed E-state index contributed by atoms with van der Waals surface area (Å²) in [7, 11) is 0. The molecule has 0 spiro atoms. The quantitative estimate of drug-likeness (QED) is 0.564. The highest BCUT2D eigenvalue weighted by Gasteiger charge is 2.22. The number of anilines is 1. The number of nitriles is 1. The van der Waals surface area contributed by atoms with Crippen LogP contribution in [0.2, 0.25) is 0 Å². The molecule has 120 valence electrons. The Morgan fingerprint density at radius 3 is 2.65 bits per heavy atom. The summed E-state index contributed by atoms with van der Waals surface area (Å²) in [6, 6.07) is 7.96. The number of piperidine rings is 1. The Bertz CT molecular complexity index is 670. The van der Waals surface area contributed by atoms with E-state index in [0.717, 1.165) is 0 Å². The highest BCUT2D eigenvalue weighted by Crippen LogP contribution is 2.19. The zero-order chi connectivity index (χ0) is 16.8. The number of rotatable bonds is 4. The molecule has 1 aromatic carbocycles. The van der Waals surface area contributed by atoms with Crippen LogP contribution in [-0.2, 0) is 9.59 Å². The number of nitrogens with two attached hydrogens (primary N) is 1. The van der Waals surface area contributed by atoms with E-state index < -0.39 is 5.91 Å². The van der Waals surface area contributed by atoms with Gasteiger partial charge in [0.2, 0.25) is 5.91 Å². The van der Waals surface area contributed by atoms with E-state index in [-0.39, 0.29) is 23.1 Å². The smallest absolute Gasteiger partial charge is 0.267 e. The Morgan fingerprint density at radius 1 is 1.39 bits per heavy atom. The van der Waals surface area contributed by atoms with Gasteiger partial charge in [0.05, 0.1) is 0 Å². The van der Waals surface area contributed by atoms with Crippen molar-refractivity contribution in [2.45, 2.75) is 12.8 Å². The molecule has 0 saturated carbocycles. The number of aromatic hydroxyl groups is 1. The van der Waals surface area contributed by atoms with Crippen molar-refractivity contribution in [3.05, 3.63) is 36.0 Å². The lowest BCUT2D eigenvalue weighted by atomic mass is 9.96. The van der Waals surface area contributed by atoms with E-state index in [1.54, 1.807) is 12.1 Å². The van der Waals surface area contributed by atoms with Crippen LogP contribution in [0.15, 0.2) is 36.0 Å². The molecule has 1 saturated heterocycles. The van der Waals surface area contributed by atoms with Crippen molar-refractivity contribution in [1.82, 2.24) is 4.90 Å². The van der Waals surface area contributed by atoms with E-state index >= 15 is 0 Å². The minimum atomic E-state index is -0.546. The van der Waals surface area contributed by atoms with Crippen molar-refractivity contribution < 1.29 is 14.7 Å². The predicted molar refractivity (Wildman–Crippen MR) is 83.9 cm³/mol. The summed E-state index contributed by atoms with van der Waals surface area (Å²) < 4.78 is 0. The second-order valence-corrected chi connectivity index (χ2v) is 5.37. The molecule has 7 nitrogen and oxygen atoms in total. The van der Waals surface area contributed by atoms with Crippen LogP contribution in [-0.4, -0.2) is 34.9 Å². The maximum absolute atomic E-state index is 12.1. The molecule has 1 fully saturated rings. The molecule has 2 rings (SSSR count). The monoisotopic (exact) mass is 314 g/mol. The average molecular weight is 314 g/mol. The number of nitrogens with one attached hydrogen (secondary N) is 1. The zero-order valence-corrected chi connectivity index (χ0v) is 12.5. The Labute approximate surface area is 134 Å². The molecule has 0 bridgehead atoms. The topological polar surface area (TPSA) is 119 Å². The van der Waals surface area contributed by atoms with Gasteiger partial charge in [-0.1, -0.05) is 6.07 Å². The molecule has 2 amide bonds. The van der Waals surface area contributed by atoms with Crippen LogP contribution in [0.5, 0.6) is 5.75 Å². The molecule has 1 aliphatic heterocycles. The van der Waals surface area contributed by atoms with Crippen LogP contribution in [0, 0.1) is 17.2 Å². The summed E-state index contributed by atoms with van der Waals surface area (Å²) >= 11 is 0. The van der Waals surface area contributed by atoms with E-state index in [1.807, 2.05) is 11.0 Å². The molecular formula is C16H18N4O3. The number of likely N-dealkylation sites (tertiary alicyclic amines) is 1. The Balaban J connectivity index is 2.00. The lowest BCUT2D eigenvalue weighted by Crippen LogP contribution is -2.36. The molecule has 1 aromatic rings. The molecule has 1 heterocycles. The lowest BCUT2D eigenvalue weighted by molar-refractivity contribution is -0.123. The van der Waals surface area contributed by atoms with Gasteiger partial charge >= 0.3 is 0 Å². The summed E-state index contributed by atoms with van der Waals surface area (Å²) in [6.07, 6.45) is 2.72. The summed E-state index contributed by atoms with van der Waals surface area (Å²) in [5.41, 5.74) is 5.65. The Kier molecular flexibility index (Phi) is 5.20. The second-order valence-electron chi connectivity index (χ2n) is 5.37. The van der Waals surface area contributed by atoms with Crippen LogP contribution in [0.1, 0.15) is 12.8 Å². The first-order valence-corrected chi connectivity index (χ1v) is 7.25. The van der Waals surface area contributed by atoms with E-state index in [2.05, 4.69) is 5.32 Å². The number of amides is 2. The van der Waals surface area contributed by atoms with E-state index in [9.17, 15) is 20.0 Å². The number of carbonyl (C=O) groups is 2. The molecule has 0 radical (unpaired) electrons. The summed E-state index contributed by atoms with van der Waals surface area (Å²) in [5, 5.41) is 21.1. The number of benzene rings is 1. The number of phenols is 1. The molecule has 7 heteroatoms. The fourth-order valence-electron chi connectivity index (χ4n) is 2.42. The van der Waals surface area contributed by atoms with Gasteiger partial charge in [0, 0.05) is 37.0 Å². The van der Waals surface area contributed by atoms with E-state index in [4.69, 9.17) is 5.73 Å². The highest BCUT2D eigenvalue weighted by atomic mass is 16.3. The number of hydrogen-bond donors (Lipinski definition) is 3. The number of nitrogens with zero attached hydrogens (tertiary/aromatic N) is 2. The molecule has 0 aliphatic carbocycles. The largest absolute Gasteiger partial charge is 0.508 e. The van der Waals surface area contributed by atoms with Gasteiger partial charge in [-0.25, -0.2) is 0 Å². The van der Waals surface area contributed by atoms with Gasteiger partial charge in [-0.2, -0.15) is 5.26 Å². The fourth-order valence-corrected chi connectivity index (χ4v) is 2.42. The van der Waals surface area contributed by atoms with Gasteiger partial charge in [0.1, 0.15) is 17.4 Å². The SMILES string of the molecule is N#C/C(=C/N1CCC(C(N)=O)CC1)C(=O)Nc1cccc(O)c1. The first-order chi connectivity index (χ1) is 11.0. The minimum absolute atomic E-state index is 0.0267. The third kappa shape index (κ3) is 4.48. The van der Waals surface area contributed by atoms with E-state index in [1.165, 1.54) is 18.3 Å². The number of hydrogen-bond acceptors (Lipinski definition) is 5. The van der Waals surface area contributed by atoms with Crippen molar-refractivity contribution in [3.63, 3.8) is 0 Å². The Hall–Kier alpha value is -3.01. The van der Waals surface area contributed by atoms with E-state index in [0.29, 0.717) is 31.6 Å². The number of primary amides is 1. The van der Waals surface area contributed by atoms with Crippen LogP contribution < -0.4 is 11.1 Å². The van der Waals surface area contributed by atoms with Crippen LogP contribution in [0.25, 0.3) is 0 Å². The third-order valence-corrected chi connectivity index (χ3v) is 3.71. The minimum Gasteiger partial charge on any atom is -0.508 e. The van der Waals surface area contributed by atoms with Crippen molar-refractivity contribution in [2.75, 3.05) is 18.4 Å². The van der Waals surface area contributed by atoms with Crippen molar-refractivity contribution >= 4 is 17.5 Å². The average Bonchev–Trinajstić information content (AvgIpc) is 2.53. The highest BCUT2D eigenvalue weighted by molar-refractivity contribution is 6.06. The standard InChI is InChI=1S/C16H18N4O3/c17-9-12(10-20-6-4-11(5-7-20)15(18)22)16(23)19-13-2-1-3-14(21)8-13/h1-3,8,10-11,21H,4-7H2,(H2,18,22)(H,19,23)/b12-10-. The molecule has 0 atom stereocenters. The van der Waals surface area contributed by atoms with Crippen molar-refractivity contribution in [3.8, 4) is 11.8 Å². The van der Waals surface area contributed by atoms with Crippen molar-refractivity contribution in [2.24, 2.45) is 11.7 Å². The zero-order valence-electron chi connectivity index (χ0n) is 12.5. The fraction of sp³-hybridized carbons (Fsp3) is 0.312. The van der Waals surface area contributed by atoms with Gasteiger partial charge < -0.3 is 21.1 Å². The Morgan fingerprint density at radius 2 is 2.09 bits per heavy atom. The summed E-state index contributed by atoms with van der Waals surface area (Å²) in [6.45, 7) is 1.14. The maximum atomic E-state index is 12.1. The van der Waals surface area contributed by atoms with Crippen molar-refractivity contribution in [1.29, 1.82) is 5.26 Å². The first kappa shape index (κ1) is 16.4. The molecular weight excluding hydrogens is 296 g/mol. The van der Waals surface area contributed by atoms with Gasteiger partial charge in [-0.05, 0) is 25.0 Å². The van der Waals surface area contributed by atoms with Crippen LogP contribution in [0.4, 0.5) is 5.69 Å². The third-order valence-electron chi connectivity index (χ3n) is 3.71. The predicted octanol–water partition coefficient (Wildman–Crippen LogP) is 0.935. The maximum Gasteiger partial charge on any atom is 0.267 e. The van der Waals surface area contributed by atoms with Gasteiger partial charge in [-0.3, -0.25) is 9.59 Å². The van der Waals surface area contributed by atoms with Crippen LogP contribution >= 0.6 is 0 Å². The summed E-state index contributed by atoms with van der Waals surface area (Å²) in [4.78, 5) is 25.1. The molecule has 23 heavy (non-hydrogen) atoms. The molecule has 0 aromatic heterocycles. The lowest BCUT2D eigenvalue weighted by Gasteiger charge is -2.29. The summed E-state index contributed by atoms with van der Waals surface area (Å²) in [5.74, 6) is -0.976. The van der Waals surface area contributed by atoms with Gasteiger partial charge in [0.15, 0.2) is 0 Å². The number of carbonyl (C=O) groups excluding carboxylic acids is 2. The van der Waals surface area contributed by atoms with Crippen LogP contribution in [0.3, 0.4) is 0 Å². The molecule has 1 aliphatic rings.